The van der Waals surface area contributed by atoms with E-state index in [2.05, 4.69) is 36.0 Å². The third-order valence-corrected chi connectivity index (χ3v) is 7.62. The van der Waals surface area contributed by atoms with Crippen LogP contribution in [0.3, 0.4) is 0 Å². The Bertz CT molecular complexity index is 1170. The van der Waals surface area contributed by atoms with Gasteiger partial charge in [-0.15, -0.1) is 0 Å². The number of nitrogens with one attached hydrogen (secondary N) is 1. The van der Waals surface area contributed by atoms with Gasteiger partial charge in [-0.3, -0.25) is 24.3 Å². The maximum absolute atomic E-state index is 13.7. The second-order valence-electron chi connectivity index (χ2n) is 11.0. The summed E-state index contributed by atoms with van der Waals surface area (Å²) in [4.78, 5) is 49.7. The summed E-state index contributed by atoms with van der Waals surface area (Å²) in [6.07, 6.45) is 3.15. The van der Waals surface area contributed by atoms with Crippen molar-refractivity contribution in [2.75, 3.05) is 44.2 Å². The molecule has 8 nitrogen and oxygen atoms in total. The minimum Gasteiger partial charge on any atom is -0.341 e. The number of rotatable bonds is 6. The van der Waals surface area contributed by atoms with E-state index in [4.69, 9.17) is 0 Å². The van der Waals surface area contributed by atoms with Crippen LogP contribution in [0.5, 0.6) is 0 Å². The zero-order chi connectivity index (χ0) is 25.4. The molecule has 37 heavy (non-hydrogen) atoms. The van der Waals surface area contributed by atoms with E-state index in [1.54, 1.807) is 23.2 Å². The molecule has 198 valence electrons. The molecule has 0 bridgehead atoms. The van der Waals surface area contributed by atoms with E-state index in [1.165, 1.54) is 0 Å². The van der Waals surface area contributed by atoms with E-state index in [0.717, 1.165) is 37.4 Å². The highest BCUT2D eigenvalue weighted by molar-refractivity contribution is 6.10. The summed E-state index contributed by atoms with van der Waals surface area (Å²) < 4.78 is 0. The van der Waals surface area contributed by atoms with Crippen LogP contribution in [0.25, 0.3) is 0 Å². The number of likely N-dealkylation sites (tertiary alicyclic amines) is 1. The normalized spacial score (nSPS) is 23.1. The molecule has 2 fully saturated rings. The monoisotopic (exact) mass is 505 g/mol. The first-order chi connectivity index (χ1) is 17.2. The Kier molecular flexibility index (Phi) is 7.80. The number of piperazine rings is 1. The molecule has 0 aliphatic carbocycles. The molecule has 1 N–H and O–H groups in total. The summed E-state index contributed by atoms with van der Waals surface area (Å²) in [5, 5.41) is 3.51. The van der Waals surface area contributed by atoms with Gasteiger partial charge in [-0.2, -0.15) is 0 Å². The molecule has 2 saturated heterocycles. The van der Waals surface area contributed by atoms with Crippen LogP contribution >= 0.6 is 0 Å². The van der Waals surface area contributed by atoms with Crippen LogP contribution in [-0.2, 0) is 15.0 Å². The first kappa shape index (κ1) is 26.9. The molecular weight excluding hydrogens is 466 g/mol. The van der Waals surface area contributed by atoms with E-state index in [0.29, 0.717) is 30.6 Å². The number of hydrogen-bond acceptors (Lipinski definition) is 6. The number of carbonyl (C=O) groups excluding carboxylic acids is 3. The molecule has 1 aromatic heterocycles. The average molecular weight is 506 g/mol. The third kappa shape index (κ3) is 5.45. The van der Waals surface area contributed by atoms with Gasteiger partial charge in [0.2, 0.25) is 11.8 Å². The van der Waals surface area contributed by atoms with Crippen molar-refractivity contribution in [3.63, 3.8) is 0 Å². The third-order valence-electron chi connectivity index (χ3n) is 7.62. The average Bonchev–Trinajstić information content (AvgIpc) is 3.39. The Morgan fingerprint density at radius 1 is 1.16 bits per heavy atom. The topological polar surface area (TPSA) is 85.9 Å². The number of aromatic nitrogens is 1. The quantitative estimate of drug-likeness (QED) is 0.608. The van der Waals surface area contributed by atoms with Gasteiger partial charge in [-0.25, -0.2) is 0 Å². The first-order valence-corrected chi connectivity index (χ1v) is 12.9. The fourth-order valence-electron chi connectivity index (χ4n) is 5.65. The second kappa shape index (κ2) is 10.7. The number of pyridine rings is 1. The zero-order valence-corrected chi connectivity index (χ0v) is 21.4. The van der Waals surface area contributed by atoms with Gasteiger partial charge in [0.05, 0.1) is 17.9 Å². The molecule has 0 unspecified atom stereocenters. The molecule has 2 atom stereocenters. The Labute approximate surface area is 220 Å². The van der Waals surface area contributed by atoms with Crippen molar-refractivity contribution in [2.24, 2.45) is 0 Å². The number of nitrogens with zero attached hydrogens (tertiary/aromatic N) is 4. The summed E-state index contributed by atoms with van der Waals surface area (Å²) >= 11 is 0. The van der Waals surface area contributed by atoms with Crippen LogP contribution in [0.2, 0.25) is 0 Å². The van der Waals surface area contributed by atoms with E-state index < -0.39 is 0 Å². The lowest BCUT2D eigenvalue weighted by Crippen LogP contribution is -2.60. The van der Waals surface area contributed by atoms with Crippen LogP contribution in [0.15, 0.2) is 42.6 Å². The lowest BCUT2D eigenvalue weighted by Gasteiger charge is -2.41. The van der Waals surface area contributed by atoms with Gasteiger partial charge in [0.1, 0.15) is 0 Å². The fraction of sp³-hybridized carbons (Fsp3) is 0.517. The summed E-state index contributed by atoms with van der Waals surface area (Å²) in [5.41, 5.74) is 2.34. The Hall–Kier alpha value is -3.10. The molecule has 3 aliphatic heterocycles. The minimum atomic E-state index is -0.308. The highest BCUT2D eigenvalue weighted by atomic mass is 16.2. The van der Waals surface area contributed by atoms with Crippen LogP contribution in [-0.4, -0.2) is 83.7 Å². The maximum atomic E-state index is 13.7. The molecule has 0 radical (unpaired) electrons. The van der Waals surface area contributed by atoms with Crippen molar-refractivity contribution < 1.29 is 14.4 Å². The van der Waals surface area contributed by atoms with Gasteiger partial charge >= 0.3 is 0 Å². The maximum Gasteiger partial charge on any atom is 0.241 e. The van der Waals surface area contributed by atoms with Gasteiger partial charge in [-0.05, 0) is 19.4 Å². The molecule has 0 spiro atoms. The second-order valence-corrected chi connectivity index (χ2v) is 11.0. The predicted octanol–water partition coefficient (Wildman–Crippen LogP) is 2.86. The zero-order valence-electron chi connectivity index (χ0n) is 21.4. The number of anilines is 1. The van der Waals surface area contributed by atoms with Crippen LogP contribution < -0.4 is 10.2 Å². The van der Waals surface area contributed by atoms with Crippen molar-refractivity contribution in [1.82, 2.24) is 20.1 Å². The first-order valence-electron chi connectivity index (χ1n) is 12.9. The number of benzene rings is 1. The Balaban J connectivity index is 0.00000320. The van der Waals surface area contributed by atoms with Crippen molar-refractivity contribution in [3.05, 3.63) is 59.4 Å². The van der Waals surface area contributed by atoms with Crippen LogP contribution in [0.1, 0.15) is 62.7 Å². The Morgan fingerprint density at radius 2 is 1.92 bits per heavy atom. The predicted molar refractivity (Wildman–Crippen MR) is 145 cm³/mol. The van der Waals surface area contributed by atoms with Crippen molar-refractivity contribution in [2.45, 2.75) is 58.5 Å². The minimum absolute atomic E-state index is 0. The molecule has 1 aromatic carbocycles. The molecule has 8 heteroatoms. The molecule has 3 aliphatic rings. The summed E-state index contributed by atoms with van der Waals surface area (Å²) in [6, 6.07) is 11.3. The van der Waals surface area contributed by atoms with Crippen molar-refractivity contribution in [1.29, 1.82) is 0 Å². The molecular formula is C29H39N5O3. The lowest BCUT2D eigenvalue weighted by atomic mass is 9.91. The van der Waals surface area contributed by atoms with Gasteiger partial charge in [0, 0.05) is 74.0 Å². The van der Waals surface area contributed by atoms with Gasteiger partial charge in [0.15, 0.2) is 5.78 Å². The number of carbonyl (C=O) groups is 3. The summed E-state index contributed by atoms with van der Waals surface area (Å²) in [6.45, 7) is 10.0. The van der Waals surface area contributed by atoms with E-state index in [1.807, 2.05) is 29.2 Å². The van der Waals surface area contributed by atoms with Crippen molar-refractivity contribution >= 4 is 23.3 Å². The molecule has 5 rings (SSSR count). The number of ketones is 1. The Morgan fingerprint density at radius 3 is 2.62 bits per heavy atom. The molecule has 2 aromatic rings. The molecule has 4 heterocycles. The molecule has 0 saturated carbocycles. The standard InChI is InChI=1S/C28H35N5O3.CH4/c1-19-15-32(22(14-29-19)16-31-11-7-10-24(31)34)17-25(35)33-18-28(2,3)27-23(33)12-21(13-30-27)26(36)20-8-5-4-6-9-20;/h4-6,8-9,12-13,19,22,29H,7,10-11,14-18H2,1-3H3;1H4/t19-,22-;/m1./s1. The fourth-order valence-corrected chi connectivity index (χ4v) is 5.65. The summed E-state index contributed by atoms with van der Waals surface area (Å²) in [5.74, 6) is 0.103. The lowest BCUT2D eigenvalue weighted by molar-refractivity contribution is -0.128. The van der Waals surface area contributed by atoms with E-state index >= 15 is 0 Å². The number of amides is 2. The smallest absolute Gasteiger partial charge is 0.241 e. The van der Waals surface area contributed by atoms with E-state index in [9.17, 15) is 14.4 Å². The number of hydrogen-bond donors (Lipinski definition) is 1. The van der Waals surface area contributed by atoms with Gasteiger partial charge < -0.3 is 15.1 Å². The highest BCUT2D eigenvalue weighted by Gasteiger charge is 2.41. The van der Waals surface area contributed by atoms with Crippen molar-refractivity contribution in [3.8, 4) is 0 Å². The van der Waals surface area contributed by atoms with Crippen LogP contribution in [0.4, 0.5) is 5.69 Å². The highest BCUT2D eigenvalue weighted by Crippen LogP contribution is 2.39. The van der Waals surface area contributed by atoms with Gasteiger partial charge in [-0.1, -0.05) is 51.6 Å². The largest absolute Gasteiger partial charge is 0.341 e. The summed E-state index contributed by atoms with van der Waals surface area (Å²) in [7, 11) is 0. The van der Waals surface area contributed by atoms with Gasteiger partial charge in [0.25, 0.3) is 0 Å². The van der Waals surface area contributed by atoms with E-state index in [-0.39, 0.29) is 49.1 Å². The SMILES string of the molecule is C.C[C@@H]1CN(CC(=O)N2CC(C)(C)c3ncc(C(=O)c4ccccc4)cc32)[C@@H](CN2CCCC2=O)CN1. The van der Waals surface area contributed by atoms with Crippen LogP contribution in [0, 0.1) is 0 Å². The number of fused-ring (bicyclic) bond motifs is 1. The molecule has 2 amide bonds.